The van der Waals surface area contributed by atoms with Crippen molar-refractivity contribution in [1.82, 2.24) is 4.90 Å². The molecular weight excluding hydrogens is 322 g/mol. The summed E-state index contributed by atoms with van der Waals surface area (Å²) in [6.45, 7) is 0.308. The summed E-state index contributed by atoms with van der Waals surface area (Å²) in [5, 5.41) is 9.23. The van der Waals surface area contributed by atoms with Gasteiger partial charge < -0.3 is 14.7 Å². The number of carbonyl (C=O) groups is 2. The summed E-state index contributed by atoms with van der Waals surface area (Å²) in [5.41, 5.74) is 1.42. The second-order valence-electron chi connectivity index (χ2n) is 5.47. The van der Waals surface area contributed by atoms with Gasteiger partial charge in [-0.1, -0.05) is 24.3 Å². The summed E-state index contributed by atoms with van der Waals surface area (Å²) in [5.74, 6) is -1.44. The zero-order valence-corrected chi connectivity index (χ0v) is 13.6. The average Bonchev–Trinajstić information content (AvgIpc) is 2.53. The molecule has 1 aliphatic heterocycles. The molecule has 2 unspecified atom stereocenters. The molecule has 2 atom stereocenters. The zero-order chi connectivity index (χ0) is 17.0. The van der Waals surface area contributed by atoms with Crippen molar-refractivity contribution in [2.45, 2.75) is 24.6 Å². The summed E-state index contributed by atoms with van der Waals surface area (Å²) < 4.78 is 26.3. The molecule has 1 saturated heterocycles. The lowest BCUT2D eigenvalue weighted by Gasteiger charge is -2.37. The van der Waals surface area contributed by atoms with Crippen molar-refractivity contribution in [2.24, 2.45) is 5.92 Å². The quantitative estimate of drug-likeness (QED) is 0.803. The van der Waals surface area contributed by atoms with Crippen molar-refractivity contribution in [1.29, 1.82) is 0 Å². The summed E-state index contributed by atoms with van der Waals surface area (Å²) >= 11 is 0. The number of methoxy groups -OCH3 is 1. The van der Waals surface area contributed by atoms with Crippen molar-refractivity contribution in [2.75, 3.05) is 13.7 Å². The Bertz CT molecular complexity index is 646. The molecule has 1 aromatic carbocycles. The molecule has 126 valence electrons. The van der Waals surface area contributed by atoms with Crippen LogP contribution in [0.25, 0.3) is 0 Å². The molecule has 1 N–H and O–H groups in total. The molecule has 0 spiro atoms. The van der Waals surface area contributed by atoms with Gasteiger partial charge >= 0.3 is 12.1 Å². The van der Waals surface area contributed by atoms with E-state index in [1.807, 2.05) is 0 Å². The predicted octanol–water partition coefficient (Wildman–Crippen LogP) is 1.40. The summed E-state index contributed by atoms with van der Waals surface area (Å²) in [4.78, 5) is 24.7. The lowest BCUT2D eigenvalue weighted by atomic mass is 9.87. The van der Waals surface area contributed by atoms with Crippen LogP contribution in [-0.4, -0.2) is 44.1 Å². The normalized spacial score (nSPS) is 21.2. The Balaban J connectivity index is 2.25. The van der Waals surface area contributed by atoms with E-state index in [-0.39, 0.29) is 5.75 Å². The number of benzene rings is 1. The fourth-order valence-corrected chi connectivity index (χ4v) is 3.34. The van der Waals surface area contributed by atoms with E-state index in [1.54, 1.807) is 24.3 Å². The summed E-state index contributed by atoms with van der Waals surface area (Å²) in [7, 11) is -1.21. The van der Waals surface area contributed by atoms with Gasteiger partial charge in [-0.3, -0.25) is 4.79 Å². The van der Waals surface area contributed by atoms with Gasteiger partial charge in [0.1, 0.15) is 10.7 Å². The number of carbonyl (C=O) groups excluding carboxylic acids is 1. The van der Waals surface area contributed by atoms with Gasteiger partial charge in [-0.2, -0.15) is 0 Å². The van der Waals surface area contributed by atoms with Crippen LogP contribution >= 0.6 is 0 Å². The molecule has 0 radical (unpaired) electrons. The number of likely N-dealkylation sites (tertiary alicyclic amines) is 1. The molecule has 0 aromatic heterocycles. The summed E-state index contributed by atoms with van der Waals surface area (Å²) in [6, 6.07) is 6.44. The van der Waals surface area contributed by atoms with Crippen molar-refractivity contribution >= 4 is 22.8 Å². The fraction of sp³-hybridized carbons (Fsp3) is 0.467. The second-order valence-corrected chi connectivity index (χ2v) is 6.45. The lowest BCUT2D eigenvalue weighted by Crippen LogP contribution is -2.42. The number of ether oxygens (including phenoxy) is 1. The zero-order valence-electron chi connectivity index (χ0n) is 12.7. The highest BCUT2D eigenvalue weighted by Crippen LogP contribution is 2.35. The van der Waals surface area contributed by atoms with E-state index in [9.17, 15) is 23.1 Å². The molecule has 7 nitrogen and oxygen atoms in total. The monoisotopic (exact) mass is 341 g/mol. The molecule has 23 heavy (non-hydrogen) atoms. The van der Waals surface area contributed by atoms with Gasteiger partial charge in [0.15, 0.2) is 0 Å². The van der Waals surface area contributed by atoms with Crippen molar-refractivity contribution < 1.29 is 27.9 Å². The third kappa shape index (κ3) is 4.22. The van der Waals surface area contributed by atoms with Crippen LogP contribution in [0.3, 0.4) is 0 Å². The second kappa shape index (κ2) is 7.45. The number of hydrogen-bond acceptors (Lipinski definition) is 5. The maximum Gasteiger partial charge on any atom is 0.409 e. The smallest absolute Gasteiger partial charge is 0.409 e. The van der Waals surface area contributed by atoms with E-state index in [0.29, 0.717) is 24.9 Å². The molecule has 2 rings (SSSR count). The molecule has 0 aliphatic carbocycles. The van der Waals surface area contributed by atoms with E-state index in [1.165, 1.54) is 12.0 Å². The van der Waals surface area contributed by atoms with Gasteiger partial charge in [0, 0.05) is 6.54 Å². The molecule has 1 amide bonds. The number of piperidine rings is 1. The highest BCUT2D eigenvalue weighted by molar-refractivity contribution is 7.71. The Morgan fingerprint density at radius 1 is 1.30 bits per heavy atom. The van der Waals surface area contributed by atoms with Gasteiger partial charge in [-0.25, -0.2) is 13.2 Å². The third-order valence-corrected chi connectivity index (χ3v) is 4.66. The maximum atomic E-state index is 11.9. The molecular formula is C15H19NO6S. The first-order valence-corrected chi connectivity index (χ1v) is 8.56. The third-order valence-electron chi connectivity index (χ3n) is 4.04. The Morgan fingerprint density at radius 2 is 1.96 bits per heavy atom. The molecule has 0 saturated carbocycles. The standard InChI is InChI=1S/C15H19NO6S/c1-22-15(19)16-7-6-12(14(17)18)8-13(16)11-4-2-10(3-5-11)9-23(20)21/h2-5,12-13,23H,6-9H2,1H3,(H,17,18). The van der Waals surface area contributed by atoms with Crippen LogP contribution in [0.5, 0.6) is 0 Å². The SMILES string of the molecule is COC(=O)N1CCC(C(=O)O)CC1c1ccc(C[SH](=O)=O)cc1. The minimum absolute atomic E-state index is 0.0429. The first kappa shape index (κ1) is 17.3. The Hall–Kier alpha value is -2.09. The number of carboxylic acids is 1. The highest BCUT2D eigenvalue weighted by atomic mass is 32.2. The Morgan fingerprint density at radius 3 is 2.48 bits per heavy atom. The van der Waals surface area contributed by atoms with Gasteiger partial charge in [0.2, 0.25) is 0 Å². The number of thiol groups is 1. The van der Waals surface area contributed by atoms with E-state index >= 15 is 0 Å². The summed E-state index contributed by atoms with van der Waals surface area (Å²) in [6.07, 6.45) is 0.195. The molecule has 0 bridgehead atoms. The maximum absolute atomic E-state index is 11.9. The van der Waals surface area contributed by atoms with Gasteiger partial charge in [0.05, 0.1) is 24.8 Å². The van der Waals surface area contributed by atoms with Gasteiger partial charge in [-0.05, 0) is 24.0 Å². The molecule has 1 heterocycles. The fourth-order valence-electron chi connectivity index (χ4n) is 2.84. The van der Waals surface area contributed by atoms with Crippen molar-refractivity contribution in [3.8, 4) is 0 Å². The largest absolute Gasteiger partial charge is 0.481 e. The van der Waals surface area contributed by atoms with Crippen LogP contribution in [0.15, 0.2) is 24.3 Å². The van der Waals surface area contributed by atoms with E-state index in [2.05, 4.69) is 0 Å². The van der Waals surface area contributed by atoms with Crippen molar-refractivity contribution in [3.05, 3.63) is 35.4 Å². The van der Waals surface area contributed by atoms with Gasteiger partial charge in [-0.15, -0.1) is 0 Å². The number of rotatable bonds is 4. The Labute approximate surface area is 135 Å². The number of aliphatic carboxylic acids is 1. The number of amides is 1. The van der Waals surface area contributed by atoms with Crippen LogP contribution in [0.4, 0.5) is 4.79 Å². The van der Waals surface area contributed by atoms with Crippen LogP contribution in [0.1, 0.15) is 30.0 Å². The molecule has 8 heteroatoms. The molecule has 1 fully saturated rings. The van der Waals surface area contributed by atoms with Crippen LogP contribution in [0.2, 0.25) is 0 Å². The van der Waals surface area contributed by atoms with Crippen LogP contribution in [-0.2, 0) is 26.0 Å². The highest BCUT2D eigenvalue weighted by Gasteiger charge is 2.36. The minimum Gasteiger partial charge on any atom is -0.481 e. The predicted molar refractivity (Wildman–Crippen MR) is 82.7 cm³/mol. The van der Waals surface area contributed by atoms with E-state index < -0.39 is 34.7 Å². The topological polar surface area (TPSA) is 101 Å². The number of hydrogen-bond donors (Lipinski definition) is 2. The van der Waals surface area contributed by atoms with Crippen LogP contribution < -0.4 is 0 Å². The first-order valence-electron chi connectivity index (χ1n) is 7.20. The van der Waals surface area contributed by atoms with Crippen LogP contribution in [0, 0.1) is 5.92 Å². The average molecular weight is 341 g/mol. The van der Waals surface area contributed by atoms with Crippen molar-refractivity contribution in [3.63, 3.8) is 0 Å². The minimum atomic E-state index is -2.50. The number of nitrogens with zero attached hydrogens (tertiary/aromatic N) is 1. The number of carboxylic acid groups (broad SMARTS) is 1. The van der Waals surface area contributed by atoms with Gasteiger partial charge in [0.25, 0.3) is 0 Å². The molecule has 1 aliphatic rings. The van der Waals surface area contributed by atoms with E-state index in [4.69, 9.17) is 4.74 Å². The first-order chi connectivity index (χ1) is 10.9. The Kier molecular flexibility index (Phi) is 5.59. The van der Waals surface area contributed by atoms with E-state index in [0.717, 1.165) is 5.56 Å². The molecule has 1 aromatic rings. The lowest BCUT2D eigenvalue weighted by molar-refractivity contribution is -0.144.